The Kier molecular flexibility index (Phi) is 14.1. The lowest BCUT2D eigenvalue weighted by Gasteiger charge is -2.12. The Morgan fingerprint density at radius 3 is 2.64 bits per heavy atom. The Balaban J connectivity index is 0.00000576. The van der Waals surface area contributed by atoms with Crippen LogP contribution in [0.25, 0.3) is 0 Å². The summed E-state index contributed by atoms with van der Waals surface area (Å²) in [6, 6.07) is 7.67. The SMILES string of the molecule is CCOCCCCNC(=NC)NCCc1cccc(C(=O)NC)c1.I. The smallest absolute Gasteiger partial charge is 0.251 e. The molecule has 0 unspecified atom stereocenters. The van der Waals surface area contributed by atoms with Gasteiger partial charge in [-0.15, -0.1) is 24.0 Å². The summed E-state index contributed by atoms with van der Waals surface area (Å²) in [7, 11) is 3.41. The van der Waals surface area contributed by atoms with E-state index in [9.17, 15) is 4.79 Å². The summed E-state index contributed by atoms with van der Waals surface area (Å²) >= 11 is 0. The summed E-state index contributed by atoms with van der Waals surface area (Å²) in [4.78, 5) is 15.9. The topological polar surface area (TPSA) is 74.8 Å². The lowest BCUT2D eigenvalue weighted by atomic mass is 10.1. The minimum atomic E-state index is -0.0608. The van der Waals surface area contributed by atoms with Crippen molar-refractivity contribution in [3.63, 3.8) is 0 Å². The normalized spacial score (nSPS) is 10.8. The van der Waals surface area contributed by atoms with Crippen molar-refractivity contribution in [2.45, 2.75) is 26.2 Å². The number of carbonyl (C=O) groups excluding carboxylic acids is 1. The zero-order chi connectivity index (χ0) is 17.6. The second-order valence-electron chi connectivity index (χ2n) is 5.36. The van der Waals surface area contributed by atoms with E-state index in [4.69, 9.17) is 4.74 Å². The standard InChI is InChI=1S/C18H30N4O2.HI/c1-4-24-13-6-5-11-21-18(20-3)22-12-10-15-8-7-9-16(14-15)17(23)19-2;/h7-9,14H,4-6,10-13H2,1-3H3,(H,19,23)(H2,20,21,22);1H. The fourth-order valence-corrected chi connectivity index (χ4v) is 2.24. The van der Waals surface area contributed by atoms with Crippen LogP contribution in [0, 0.1) is 0 Å². The summed E-state index contributed by atoms with van der Waals surface area (Å²) in [5, 5.41) is 9.22. The Hall–Kier alpha value is -1.35. The number of halogens is 1. The lowest BCUT2D eigenvalue weighted by molar-refractivity contribution is 0.0963. The molecule has 25 heavy (non-hydrogen) atoms. The molecule has 1 amide bonds. The fourth-order valence-electron chi connectivity index (χ4n) is 2.24. The van der Waals surface area contributed by atoms with E-state index in [0.29, 0.717) is 5.56 Å². The van der Waals surface area contributed by atoms with Crippen LogP contribution >= 0.6 is 24.0 Å². The largest absolute Gasteiger partial charge is 0.382 e. The molecule has 1 rings (SSSR count). The van der Waals surface area contributed by atoms with E-state index in [1.54, 1.807) is 14.1 Å². The van der Waals surface area contributed by atoms with Crippen LogP contribution in [0.4, 0.5) is 0 Å². The number of nitrogens with one attached hydrogen (secondary N) is 3. The number of hydrogen-bond acceptors (Lipinski definition) is 3. The number of benzene rings is 1. The van der Waals surface area contributed by atoms with E-state index < -0.39 is 0 Å². The number of nitrogens with zero attached hydrogens (tertiary/aromatic N) is 1. The average Bonchev–Trinajstić information content (AvgIpc) is 2.62. The number of carbonyl (C=O) groups is 1. The number of amides is 1. The number of aliphatic imine (C=N–C) groups is 1. The fraction of sp³-hybridized carbons (Fsp3) is 0.556. The molecule has 142 valence electrons. The van der Waals surface area contributed by atoms with Gasteiger partial charge in [-0.1, -0.05) is 12.1 Å². The highest BCUT2D eigenvalue weighted by atomic mass is 127. The van der Waals surface area contributed by atoms with Crippen molar-refractivity contribution in [2.75, 3.05) is 40.4 Å². The van der Waals surface area contributed by atoms with E-state index in [1.165, 1.54) is 0 Å². The molecule has 0 aliphatic rings. The van der Waals surface area contributed by atoms with E-state index in [-0.39, 0.29) is 29.9 Å². The number of rotatable bonds is 10. The van der Waals surface area contributed by atoms with Crippen LogP contribution in [0.3, 0.4) is 0 Å². The van der Waals surface area contributed by atoms with Gasteiger partial charge in [-0.05, 0) is 43.9 Å². The first-order chi connectivity index (χ1) is 11.7. The van der Waals surface area contributed by atoms with E-state index in [0.717, 1.165) is 57.1 Å². The predicted octanol–water partition coefficient (Wildman–Crippen LogP) is 2.19. The van der Waals surface area contributed by atoms with Crippen LogP contribution in [-0.4, -0.2) is 52.3 Å². The maximum Gasteiger partial charge on any atom is 0.251 e. The zero-order valence-electron chi connectivity index (χ0n) is 15.4. The van der Waals surface area contributed by atoms with Crippen LogP contribution < -0.4 is 16.0 Å². The molecule has 0 saturated heterocycles. The second-order valence-corrected chi connectivity index (χ2v) is 5.36. The molecule has 0 radical (unpaired) electrons. The number of hydrogen-bond donors (Lipinski definition) is 3. The highest BCUT2D eigenvalue weighted by Crippen LogP contribution is 2.05. The molecule has 3 N–H and O–H groups in total. The first kappa shape index (κ1) is 23.6. The predicted molar refractivity (Wildman–Crippen MR) is 114 cm³/mol. The van der Waals surface area contributed by atoms with Crippen LogP contribution in [0.1, 0.15) is 35.7 Å². The maximum atomic E-state index is 11.6. The van der Waals surface area contributed by atoms with E-state index >= 15 is 0 Å². The molecule has 0 spiro atoms. The van der Waals surface area contributed by atoms with Gasteiger partial charge in [0.1, 0.15) is 0 Å². The molecule has 7 heteroatoms. The van der Waals surface area contributed by atoms with Gasteiger partial charge in [-0.2, -0.15) is 0 Å². The molecule has 1 aromatic carbocycles. The third kappa shape index (κ3) is 10.3. The van der Waals surface area contributed by atoms with Crippen molar-refractivity contribution in [2.24, 2.45) is 4.99 Å². The minimum absolute atomic E-state index is 0. The first-order valence-electron chi connectivity index (χ1n) is 8.54. The Labute approximate surface area is 168 Å². The Morgan fingerprint density at radius 1 is 1.20 bits per heavy atom. The van der Waals surface area contributed by atoms with Crippen molar-refractivity contribution in [3.05, 3.63) is 35.4 Å². The van der Waals surface area contributed by atoms with Crippen LogP contribution in [0.2, 0.25) is 0 Å². The highest BCUT2D eigenvalue weighted by molar-refractivity contribution is 14.0. The monoisotopic (exact) mass is 462 g/mol. The molecule has 0 saturated carbocycles. The quantitative estimate of drug-likeness (QED) is 0.216. The summed E-state index contributed by atoms with van der Waals surface area (Å²) in [5.41, 5.74) is 1.81. The maximum absolute atomic E-state index is 11.6. The van der Waals surface area contributed by atoms with Crippen LogP contribution in [-0.2, 0) is 11.2 Å². The van der Waals surface area contributed by atoms with Gasteiger partial charge in [-0.25, -0.2) is 0 Å². The molecule has 1 aromatic rings. The number of ether oxygens (including phenoxy) is 1. The van der Waals surface area contributed by atoms with Gasteiger partial charge < -0.3 is 20.7 Å². The Morgan fingerprint density at radius 2 is 1.96 bits per heavy atom. The average molecular weight is 462 g/mol. The van der Waals surface area contributed by atoms with E-state index in [1.807, 2.05) is 31.2 Å². The Bertz CT molecular complexity index is 524. The molecular formula is C18H31IN4O2. The summed E-state index contributed by atoms with van der Waals surface area (Å²) in [6.07, 6.45) is 2.93. The molecule has 0 aliphatic carbocycles. The molecule has 0 heterocycles. The van der Waals surface area contributed by atoms with Gasteiger partial charge in [0.25, 0.3) is 5.91 Å². The van der Waals surface area contributed by atoms with Gasteiger partial charge in [0.2, 0.25) is 0 Å². The molecule has 0 aliphatic heterocycles. The summed E-state index contributed by atoms with van der Waals surface area (Å²) in [5.74, 6) is 0.739. The van der Waals surface area contributed by atoms with Crippen LogP contribution in [0.5, 0.6) is 0 Å². The molecular weight excluding hydrogens is 431 g/mol. The summed E-state index contributed by atoms with van der Waals surface area (Å²) < 4.78 is 5.31. The number of unbranched alkanes of at least 4 members (excludes halogenated alkanes) is 1. The third-order valence-corrected chi connectivity index (χ3v) is 3.56. The first-order valence-corrected chi connectivity index (χ1v) is 8.54. The van der Waals surface area contributed by atoms with Crippen molar-refractivity contribution >= 4 is 35.8 Å². The minimum Gasteiger partial charge on any atom is -0.382 e. The molecule has 0 bridgehead atoms. The summed E-state index contributed by atoms with van der Waals surface area (Å²) in [6.45, 7) is 5.23. The van der Waals surface area contributed by atoms with Gasteiger partial charge in [0.05, 0.1) is 0 Å². The van der Waals surface area contributed by atoms with Crippen molar-refractivity contribution < 1.29 is 9.53 Å². The van der Waals surface area contributed by atoms with Crippen molar-refractivity contribution in [1.82, 2.24) is 16.0 Å². The molecule has 0 atom stereocenters. The molecule has 0 aromatic heterocycles. The second kappa shape index (κ2) is 14.9. The van der Waals surface area contributed by atoms with Crippen molar-refractivity contribution in [3.8, 4) is 0 Å². The van der Waals surface area contributed by atoms with E-state index in [2.05, 4.69) is 20.9 Å². The van der Waals surface area contributed by atoms with Gasteiger partial charge in [-0.3, -0.25) is 9.79 Å². The number of guanidine groups is 1. The van der Waals surface area contributed by atoms with Gasteiger partial charge >= 0.3 is 0 Å². The lowest BCUT2D eigenvalue weighted by Crippen LogP contribution is -2.38. The van der Waals surface area contributed by atoms with Gasteiger partial charge in [0, 0.05) is 46.0 Å². The molecule has 6 nitrogen and oxygen atoms in total. The third-order valence-electron chi connectivity index (χ3n) is 3.56. The van der Waals surface area contributed by atoms with Crippen LogP contribution in [0.15, 0.2) is 29.3 Å². The van der Waals surface area contributed by atoms with Crippen molar-refractivity contribution in [1.29, 1.82) is 0 Å². The molecule has 0 fully saturated rings. The zero-order valence-corrected chi connectivity index (χ0v) is 17.8. The van der Waals surface area contributed by atoms with Gasteiger partial charge in [0.15, 0.2) is 5.96 Å². The highest BCUT2D eigenvalue weighted by Gasteiger charge is 2.04.